The number of hydrogen-bond acceptors (Lipinski definition) is 2. The van der Waals surface area contributed by atoms with Crippen molar-refractivity contribution in [2.45, 2.75) is 45.6 Å². The average Bonchev–Trinajstić information content (AvgIpc) is 2.81. The first-order valence-corrected chi connectivity index (χ1v) is 7.38. The fourth-order valence-electron chi connectivity index (χ4n) is 3.35. The van der Waals surface area contributed by atoms with Crippen LogP contribution in [0.1, 0.15) is 43.7 Å². The Labute approximate surface area is 110 Å². The zero-order valence-corrected chi connectivity index (χ0v) is 11.4. The van der Waals surface area contributed by atoms with Crippen LogP contribution in [0.25, 0.3) is 0 Å². The van der Waals surface area contributed by atoms with E-state index in [0.717, 1.165) is 13.1 Å². The second-order valence-electron chi connectivity index (χ2n) is 5.94. The molecule has 18 heavy (non-hydrogen) atoms. The molecule has 1 aromatic carbocycles. The molecule has 0 saturated heterocycles. The van der Waals surface area contributed by atoms with Gasteiger partial charge < -0.3 is 10.6 Å². The predicted octanol–water partition coefficient (Wildman–Crippen LogP) is 3.32. The largest absolute Gasteiger partial charge is 0.384 e. The van der Waals surface area contributed by atoms with Gasteiger partial charge in [-0.2, -0.15) is 0 Å². The van der Waals surface area contributed by atoms with E-state index in [2.05, 4.69) is 35.8 Å². The monoisotopic (exact) mass is 244 g/mol. The maximum Gasteiger partial charge on any atom is 0.0419 e. The van der Waals surface area contributed by atoms with Gasteiger partial charge in [-0.3, -0.25) is 0 Å². The Morgan fingerprint density at radius 1 is 1.33 bits per heavy atom. The Morgan fingerprint density at radius 3 is 2.94 bits per heavy atom. The van der Waals surface area contributed by atoms with Crippen molar-refractivity contribution in [1.29, 1.82) is 0 Å². The highest BCUT2D eigenvalue weighted by Crippen LogP contribution is 2.43. The number of fused-ring (bicyclic) bond motifs is 1. The number of hydrogen-bond donors (Lipinski definition) is 2. The highest BCUT2D eigenvalue weighted by Gasteiger charge is 2.34. The molecular weight excluding hydrogens is 220 g/mol. The summed E-state index contributed by atoms with van der Waals surface area (Å²) in [6.45, 7) is 5.64. The molecule has 0 amide bonds. The highest BCUT2D eigenvalue weighted by atomic mass is 14.9. The van der Waals surface area contributed by atoms with Gasteiger partial charge in [0, 0.05) is 25.3 Å². The van der Waals surface area contributed by atoms with Crippen molar-refractivity contribution < 1.29 is 0 Å². The predicted molar refractivity (Wildman–Crippen MR) is 76.9 cm³/mol. The molecule has 2 aliphatic rings. The fourth-order valence-corrected chi connectivity index (χ4v) is 3.35. The van der Waals surface area contributed by atoms with Crippen molar-refractivity contribution in [3.8, 4) is 0 Å². The average molecular weight is 244 g/mol. The Hall–Kier alpha value is -1.02. The molecule has 1 aliphatic heterocycles. The van der Waals surface area contributed by atoms with Gasteiger partial charge in [-0.1, -0.05) is 31.5 Å². The lowest BCUT2D eigenvalue weighted by molar-refractivity contribution is 0.124. The summed E-state index contributed by atoms with van der Waals surface area (Å²) in [5.41, 5.74) is 4.94. The Kier molecular flexibility index (Phi) is 3.29. The summed E-state index contributed by atoms with van der Waals surface area (Å²) in [4.78, 5) is 0. The topological polar surface area (TPSA) is 24.1 Å². The molecule has 0 aromatic heterocycles. The van der Waals surface area contributed by atoms with Gasteiger partial charge in [0.25, 0.3) is 0 Å². The van der Waals surface area contributed by atoms with Crippen molar-refractivity contribution in [2.24, 2.45) is 5.41 Å². The molecule has 1 heterocycles. The SMILES string of the molecule is CCC1(CNCc2cccc3c2NCC3)CCC1. The van der Waals surface area contributed by atoms with Crippen LogP contribution >= 0.6 is 0 Å². The molecule has 1 saturated carbocycles. The minimum atomic E-state index is 0.616. The number of nitrogens with one attached hydrogen (secondary N) is 2. The van der Waals surface area contributed by atoms with Crippen LogP contribution in [-0.2, 0) is 13.0 Å². The van der Waals surface area contributed by atoms with Crippen molar-refractivity contribution in [3.05, 3.63) is 29.3 Å². The number of anilines is 1. The minimum absolute atomic E-state index is 0.616. The first-order valence-electron chi connectivity index (χ1n) is 7.38. The molecule has 1 aliphatic carbocycles. The smallest absolute Gasteiger partial charge is 0.0419 e. The van der Waals surface area contributed by atoms with E-state index in [-0.39, 0.29) is 0 Å². The molecule has 1 aromatic rings. The maximum atomic E-state index is 3.69. The lowest BCUT2D eigenvalue weighted by Crippen LogP contribution is -2.39. The van der Waals surface area contributed by atoms with Crippen molar-refractivity contribution in [1.82, 2.24) is 5.32 Å². The standard InChI is InChI=1S/C16H24N2/c1-2-16(8-4-9-16)12-17-11-14-6-3-5-13-7-10-18-15(13)14/h3,5-6,17-18H,2,4,7-12H2,1H3. The molecule has 3 rings (SSSR count). The van der Waals surface area contributed by atoms with E-state index in [9.17, 15) is 0 Å². The second-order valence-corrected chi connectivity index (χ2v) is 5.94. The molecular formula is C16H24N2. The third-order valence-electron chi connectivity index (χ3n) is 4.91. The van der Waals surface area contributed by atoms with Crippen molar-refractivity contribution in [2.75, 3.05) is 18.4 Å². The molecule has 0 spiro atoms. The van der Waals surface area contributed by atoms with Crippen LogP contribution in [0.3, 0.4) is 0 Å². The van der Waals surface area contributed by atoms with Gasteiger partial charge in [-0.05, 0) is 42.2 Å². The Balaban J connectivity index is 1.59. The first-order chi connectivity index (χ1) is 8.83. The molecule has 2 heteroatoms. The second kappa shape index (κ2) is 4.93. The highest BCUT2D eigenvalue weighted by molar-refractivity contribution is 5.61. The first kappa shape index (κ1) is 12.0. The Morgan fingerprint density at radius 2 is 2.22 bits per heavy atom. The molecule has 98 valence electrons. The Bertz CT molecular complexity index is 416. The summed E-state index contributed by atoms with van der Waals surface area (Å²) in [6.07, 6.45) is 6.77. The molecule has 0 atom stereocenters. The number of benzene rings is 1. The molecule has 0 bridgehead atoms. The summed E-state index contributed by atoms with van der Waals surface area (Å²) >= 11 is 0. The van der Waals surface area contributed by atoms with E-state index in [0.29, 0.717) is 5.41 Å². The summed E-state index contributed by atoms with van der Waals surface area (Å²) in [6, 6.07) is 6.70. The van der Waals surface area contributed by atoms with Gasteiger partial charge in [0.2, 0.25) is 0 Å². The van der Waals surface area contributed by atoms with Crippen LogP contribution in [-0.4, -0.2) is 13.1 Å². The van der Waals surface area contributed by atoms with Gasteiger partial charge in [0.05, 0.1) is 0 Å². The van der Waals surface area contributed by atoms with Crippen LogP contribution in [0.5, 0.6) is 0 Å². The minimum Gasteiger partial charge on any atom is -0.384 e. The van der Waals surface area contributed by atoms with E-state index in [1.54, 1.807) is 0 Å². The summed E-state index contributed by atoms with van der Waals surface area (Å²) in [7, 11) is 0. The van der Waals surface area contributed by atoms with Gasteiger partial charge in [0.15, 0.2) is 0 Å². The van der Waals surface area contributed by atoms with Crippen molar-refractivity contribution >= 4 is 5.69 Å². The van der Waals surface area contributed by atoms with Crippen LogP contribution in [0, 0.1) is 5.41 Å². The van der Waals surface area contributed by atoms with Crippen LogP contribution < -0.4 is 10.6 Å². The molecule has 1 fully saturated rings. The lowest BCUT2D eigenvalue weighted by atomic mass is 9.67. The van der Waals surface area contributed by atoms with Gasteiger partial charge >= 0.3 is 0 Å². The van der Waals surface area contributed by atoms with E-state index in [4.69, 9.17) is 0 Å². The molecule has 0 radical (unpaired) electrons. The number of para-hydroxylation sites is 1. The van der Waals surface area contributed by atoms with Crippen LogP contribution in [0.2, 0.25) is 0 Å². The van der Waals surface area contributed by atoms with E-state index < -0.39 is 0 Å². The van der Waals surface area contributed by atoms with Crippen LogP contribution in [0.15, 0.2) is 18.2 Å². The quantitative estimate of drug-likeness (QED) is 0.830. The summed E-state index contributed by atoms with van der Waals surface area (Å²) < 4.78 is 0. The van der Waals surface area contributed by atoms with E-state index in [1.807, 2.05) is 0 Å². The lowest BCUT2D eigenvalue weighted by Gasteiger charge is -2.41. The van der Waals surface area contributed by atoms with Gasteiger partial charge in [0.1, 0.15) is 0 Å². The van der Waals surface area contributed by atoms with Crippen LogP contribution in [0.4, 0.5) is 5.69 Å². The molecule has 2 N–H and O–H groups in total. The zero-order chi connectivity index (χ0) is 12.4. The fraction of sp³-hybridized carbons (Fsp3) is 0.625. The van der Waals surface area contributed by atoms with Crippen molar-refractivity contribution in [3.63, 3.8) is 0 Å². The summed E-state index contributed by atoms with van der Waals surface area (Å²) in [5, 5.41) is 7.20. The van der Waals surface area contributed by atoms with E-state index in [1.165, 1.54) is 55.5 Å². The molecule has 2 nitrogen and oxygen atoms in total. The number of rotatable bonds is 5. The van der Waals surface area contributed by atoms with Gasteiger partial charge in [-0.15, -0.1) is 0 Å². The van der Waals surface area contributed by atoms with Gasteiger partial charge in [-0.25, -0.2) is 0 Å². The van der Waals surface area contributed by atoms with E-state index >= 15 is 0 Å². The third kappa shape index (κ3) is 2.14. The normalized spacial score (nSPS) is 20.1. The zero-order valence-electron chi connectivity index (χ0n) is 11.4. The third-order valence-corrected chi connectivity index (χ3v) is 4.91. The molecule has 0 unspecified atom stereocenters. The summed E-state index contributed by atoms with van der Waals surface area (Å²) in [5.74, 6) is 0. The maximum absolute atomic E-state index is 3.69.